The molecule has 0 saturated carbocycles. The Morgan fingerprint density at radius 3 is 2.16 bits per heavy atom. The first-order valence-electron chi connectivity index (χ1n) is 9.55. The van der Waals surface area contributed by atoms with Crippen LogP contribution in [0.2, 0.25) is 5.02 Å². The molecule has 0 aliphatic rings. The van der Waals surface area contributed by atoms with E-state index in [0.717, 1.165) is 5.56 Å². The molecule has 3 aromatic carbocycles. The van der Waals surface area contributed by atoms with E-state index in [-0.39, 0.29) is 23.5 Å². The van der Waals surface area contributed by atoms with Gasteiger partial charge in [-0.3, -0.25) is 4.79 Å². The Kier molecular flexibility index (Phi) is 7.38. The summed E-state index contributed by atoms with van der Waals surface area (Å²) in [4.78, 5) is 12.4. The Labute approximate surface area is 189 Å². The van der Waals surface area contributed by atoms with E-state index >= 15 is 0 Å². The molecule has 0 amide bonds. The van der Waals surface area contributed by atoms with Gasteiger partial charge in [0.25, 0.3) is 0 Å². The fourth-order valence-corrected chi connectivity index (χ4v) is 4.44. The number of nitrogens with one attached hydrogen (secondary N) is 1. The van der Waals surface area contributed by atoms with Gasteiger partial charge in [-0.15, -0.1) is 0 Å². The Morgan fingerprint density at radius 2 is 1.50 bits per heavy atom. The van der Waals surface area contributed by atoms with Crippen molar-refractivity contribution in [2.75, 3.05) is 6.54 Å². The minimum absolute atomic E-state index is 0.0389. The van der Waals surface area contributed by atoms with Gasteiger partial charge in [0, 0.05) is 17.9 Å². The third-order valence-corrected chi connectivity index (χ3v) is 6.44. The maximum absolute atomic E-state index is 12.8. The van der Waals surface area contributed by atoms with Gasteiger partial charge in [0.2, 0.25) is 10.0 Å². The molecule has 4 nitrogen and oxygen atoms in total. The minimum Gasteiger partial charge on any atom is -0.299 e. The highest BCUT2D eigenvalue weighted by Gasteiger charge is 2.30. The molecule has 168 valence electrons. The smallest absolute Gasteiger partial charge is 0.299 e. The Bertz CT molecular complexity index is 1210. The fourth-order valence-electron chi connectivity index (χ4n) is 3.17. The summed E-state index contributed by atoms with van der Waals surface area (Å²) in [7, 11) is -4.42. The molecule has 0 fully saturated rings. The monoisotopic (exact) mass is 481 g/mol. The summed E-state index contributed by atoms with van der Waals surface area (Å²) < 4.78 is 63.8. The lowest BCUT2D eigenvalue weighted by Gasteiger charge is -2.14. The van der Waals surface area contributed by atoms with Crippen molar-refractivity contribution in [2.45, 2.75) is 23.9 Å². The topological polar surface area (TPSA) is 63.2 Å². The SMILES string of the molecule is O=C(Cc1ccccc1Cl)Cc1cc(S(=O)(=O)NCC(F)(F)F)ccc1-c1ccccc1. The van der Waals surface area contributed by atoms with Crippen LogP contribution in [-0.4, -0.2) is 26.9 Å². The van der Waals surface area contributed by atoms with Crippen molar-refractivity contribution >= 4 is 27.4 Å². The van der Waals surface area contributed by atoms with Gasteiger partial charge in [0.05, 0.1) is 4.90 Å². The highest BCUT2D eigenvalue weighted by atomic mass is 35.5. The van der Waals surface area contributed by atoms with Gasteiger partial charge in [-0.25, -0.2) is 13.1 Å². The first-order chi connectivity index (χ1) is 15.0. The van der Waals surface area contributed by atoms with Crippen LogP contribution in [0.3, 0.4) is 0 Å². The van der Waals surface area contributed by atoms with E-state index < -0.39 is 22.7 Å². The molecular formula is C23H19ClF3NO3S. The Hall–Kier alpha value is -2.68. The maximum Gasteiger partial charge on any atom is 0.402 e. The van der Waals surface area contributed by atoms with E-state index in [9.17, 15) is 26.4 Å². The second kappa shape index (κ2) is 9.85. The quantitative estimate of drug-likeness (QED) is 0.481. The molecule has 0 spiro atoms. The van der Waals surface area contributed by atoms with E-state index in [1.807, 2.05) is 6.07 Å². The Balaban J connectivity index is 1.94. The predicted octanol–water partition coefficient (Wildman–Crippen LogP) is 5.20. The number of halogens is 4. The molecule has 32 heavy (non-hydrogen) atoms. The van der Waals surface area contributed by atoms with Gasteiger partial charge in [0.1, 0.15) is 12.3 Å². The maximum atomic E-state index is 12.8. The number of hydrogen-bond donors (Lipinski definition) is 1. The summed E-state index contributed by atoms with van der Waals surface area (Å²) >= 11 is 6.12. The summed E-state index contributed by atoms with van der Waals surface area (Å²) in [6.07, 6.45) is -4.76. The van der Waals surface area contributed by atoms with Crippen molar-refractivity contribution in [3.63, 3.8) is 0 Å². The molecule has 0 aromatic heterocycles. The minimum atomic E-state index is -4.69. The molecule has 0 unspecified atom stereocenters. The molecule has 1 N–H and O–H groups in total. The van der Waals surface area contributed by atoms with Crippen molar-refractivity contribution in [3.8, 4) is 11.1 Å². The standard InChI is InChI=1S/C23H19ClF3NO3S/c24-22-9-5-4-8-17(22)12-19(29)13-18-14-20(32(30,31)28-15-23(25,26)27)10-11-21(18)16-6-2-1-3-7-16/h1-11,14,28H,12-13,15H2. The van der Waals surface area contributed by atoms with Gasteiger partial charge in [-0.2, -0.15) is 13.2 Å². The van der Waals surface area contributed by atoms with Gasteiger partial charge in [-0.05, 0) is 40.5 Å². The van der Waals surface area contributed by atoms with Gasteiger partial charge in [-0.1, -0.05) is 66.2 Å². The average molecular weight is 482 g/mol. The molecule has 0 radical (unpaired) electrons. The normalized spacial score (nSPS) is 12.0. The van der Waals surface area contributed by atoms with Crippen LogP contribution in [-0.2, 0) is 27.7 Å². The predicted molar refractivity (Wildman–Crippen MR) is 117 cm³/mol. The van der Waals surface area contributed by atoms with Gasteiger partial charge >= 0.3 is 6.18 Å². The number of hydrogen-bond acceptors (Lipinski definition) is 3. The second-order valence-corrected chi connectivity index (χ2v) is 9.28. The van der Waals surface area contributed by atoms with Gasteiger partial charge < -0.3 is 0 Å². The summed E-state index contributed by atoms with van der Waals surface area (Å²) in [5, 5.41) is 0.441. The largest absolute Gasteiger partial charge is 0.402 e. The summed E-state index contributed by atoms with van der Waals surface area (Å²) in [5.74, 6) is -0.215. The molecule has 0 saturated heterocycles. The molecule has 0 aliphatic heterocycles. The van der Waals surface area contributed by atoms with Crippen LogP contribution in [0.15, 0.2) is 77.7 Å². The lowest BCUT2D eigenvalue weighted by molar-refractivity contribution is -0.121. The summed E-state index contributed by atoms with van der Waals surface area (Å²) in [6, 6.07) is 19.8. The number of sulfonamides is 1. The number of carbonyl (C=O) groups excluding carboxylic acids is 1. The molecule has 0 bridgehead atoms. The number of carbonyl (C=O) groups is 1. The molecule has 3 aromatic rings. The van der Waals surface area contributed by atoms with Gasteiger partial charge in [0.15, 0.2) is 0 Å². The first kappa shape index (κ1) is 24.0. The molecule has 0 aliphatic carbocycles. The highest BCUT2D eigenvalue weighted by molar-refractivity contribution is 7.89. The zero-order chi connectivity index (χ0) is 23.4. The van der Waals surface area contributed by atoms with E-state index in [0.29, 0.717) is 21.7 Å². The number of alkyl halides is 3. The zero-order valence-electron chi connectivity index (χ0n) is 16.7. The van der Waals surface area contributed by atoms with Crippen LogP contribution < -0.4 is 4.72 Å². The Morgan fingerprint density at radius 1 is 0.875 bits per heavy atom. The average Bonchev–Trinajstić information content (AvgIpc) is 2.74. The number of rotatable bonds is 8. The van der Waals surface area contributed by atoms with E-state index in [4.69, 9.17) is 11.6 Å². The van der Waals surface area contributed by atoms with Crippen LogP contribution in [0.25, 0.3) is 11.1 Å². The van der Waals surface area contributed by atoms with Crippen molar-refractivity contribution in [2.24, 2.45) is 0 Å². The first-order valence-corrected chi connectivity index (χ1v) is 11.4. The van der Waals surface area contributed by atoms with E-state index in [1.165, 1.54) is 18.2 Å². The third kappa shape index (κ3) is 6.41. The zero-order valence-corrected chi connectivity index (χ0v) is 18.3. The number of benzene rings is 3. The highest BCUT2D eigenvalue weighted by Crippen LogP contribution is 2.28. The third-order valence-electron chi connectivity index (χ3n) is 4.67. The van der Waals surface area contributed by atoms with Crippen LogP contribution in [0.1, 0.15) is 11.1 Å². The van der Waals surface area contributed by atoms with Crippen molar-refractivity contribution in [1.82, 2.24) is 4.72 Å². The van der Waals surface area contributed by atoms with Crippen molar-refractivity contribution in [1.29, 1.82) is 0 Å². The van der Waals surface area contributed by atoms with Crippen LogP contribution in [0.4, 0.5) is 13.2 Å². The molecule has 3 rings (SSSR count). The fraction of sp³-hybridized carbons (Fsp3) is 0.174. The van der Waals surface area contributed by atoms with Crippen LogP contribution in [0, 0.1) is 0 Å². The van der Waals surface area contributed by atoms with Crippen LogP contribution >= 0.6 is 11.6 Å². The lowest BCUT2D eigenvalue weighted by Crippen LogP contribution is -2.33. The summed E-state index contributed by atoms with van der Waals surface area (Å²) in [5.41, 5.74) is 2.40. The molecule has 0 heterocycles. The molecule has 9 heteroatoms. The molecular weight excluding hydrogens is 463 g/mol. The summed E-state index contributed by atoms with van der Waals surface area (Å²) in [6.45, 7) is -1.68. The number of Topliss-reactive ketones (excluding diaryl/α,β-unsaturated/α-hetero) is 1. The number of ketones is 1. The molecule has 0 atom stereocenters. The van der Waals surface area contributed by atoms with Crippen molar-refractivity contribution < 1.29 is 26.4 Å². The van der Waals surface area contributed by atoms with Crippen LogP contribution in [0.5, 0.6) is 0 Å². The van der Waals surface area contributed by atoms with E-state index in [2.05, 4.69) is 0 Å². The van der Waals surface area contributed by atoms with Crippen molar-refractivity contribution in [3.05, 3.63) is 88.9 Å². The lowest BCUT2D eigenvalue weighted by atomic mass is 9.94. The second-order valence-electron chi connectivity index (χ2n) is 7.11. The van der Waals surface area contributed by atoms with E-state index in [1.54, 1.807) is 53.3 Å².